The number of benzene rings is 1. The van der Waals surface area contributed by atoms with E-state index in [2.05, 4.69) is 21.4 Å². The van der Waals surface area contributed by atoms with E-state index in [4.69, 9.17) is 5.10 Å². The van der Waals surface area contributed by atoms with Crippen molar-refractivity contribution in [3.05, 3.63) is 58.5 Å². The maximum atomic E-state index is 13.0. The van der Waals surface area contributed by atoms with E-state index < -0.39 is 5.41 Å². The van der Waals surface area contributed by atoms with Gasteiger partial charge in [0.15, 0.2) is 0 Å². The van der Waals surface area contributed by atoms with Crippen LogP contribution in [0.1, 0.15) is 44.4 Å². The zero-order chi connectivity index (χ0) is 18.3. The van der Waals surface area contributed by atoms with Gasteiger partial charge in [-0.25, -0.2) is 5.01 Å². The van der Waals surface area contributed by atoms with Crippen molar-refractivity contribution >= 4 is 34.0 Å². The Morgan fingerprint density at radius 2 is 1.92 bits per heavy atom. The molecular formula is C20H20N4OS. The van der Waals surface area contributed by atoms with Crippen LogP contribution in [0, 0.1) is 5.41 Å². The molecule has 0 spiro atoms. The van der Waals surface area contributed by atoms with E-state index in [0.717, 1.165) is 27.9 Å². The van der Waals surface area contributed by atoms with Crippen LogP contribution in [0.5, 0.6) is 0 Å². The molecule has 1 atom stereocenters. The molecule has 0 saturated carbocycles. The van der Waals surface area contributed by atoms with Gasteiger partial charge < -0.3 is 0 Å². The van der Waals surface area contributed by atoms with Crippen molar-refractivity contribution in [1.82, 2.24) is 15.0 Å². The minimum atomic E-state index is -0.498. The SMILES string of the molecule is CC(C)(C)C(=O)N1N=C(c2ccsc2)C[C@H]1c1ccc2nccnc2c1. The molecule has 132 valence electrons. The largest absolute Gasteiger partial charge is 0.272 e. The fourth-order valence-corrected chi connectivity index (χ4v) is 3.76. The Morgan fingerprint density at radius 1 is 1.15 bits per heavy atom. The van der Waals surface area contributed by atoms with Crippen LogP contribution < -0.4 is 0 Å². The number of fused-ring (bicyclic) bond motifs is 1. The predicted octanol–water partition coefficient (Wildman–Crippen LogP) is 4.42. The van der Waals surface area contributed by atoms with Crippen LogP contribution in [-0.4, -0.2) is 26.6 Å². The Labute approximate surface area is 156 Å². The maximum absolute atomic E-state index is 13.0. The van der Waals surface area contributed by atoms with Gasteiger partial charge in [0.25, 0.3) is 0 Å². The van der Waals surface area contributed by atoms with Crippen molar-refractivity contribution in [2.45, 2.75) is 33.2 Å². The van der Waals surface area contributed by atoms with Gasteiger partial charge in [-0.1, -0.05) is 26.8 Å². The molecule has 0 unspecified atom stereocenters. The lowest BCUT2D eigenvalue weighted by molar-refractivity contribution is -0.141. The molecule has 4 rings (SSSR count). The average molecular weight is 364 g/mol. The number of hydrazone groups is 1. The predicted molar refractivity (Wildman–Crippen MR) is 104 cm³/mol. The molecule has 1 aromatic carbocycles. The third-order valence-electron chi connectivity index (χ3n) is 4.49. The summed E-state index contributed by atoms with van der Waals surface area (Å²) in [6.45, 7) is 5.78. The lowest BCUT2D eigenvalue weighted by Gasteiger charge is -2.28. The summed E-state index contributed by atoms with van der Waals surface area (Å²) in [6, 6.07) is 7.93. The number of thiophene rings is 1. The fraction of sp³-hybridized carbons (Fsp3) is 0.300. The summed E-state index contributed by atoms with van der Waals surface area (Å²) in [5.74, 6) is 0.0203. The van der Waals surface area contributed by atoms with E-state index in [1.54, 1.807) is 28.7 Å². The molecule has 0 radical (unpaired) electrons. The minimum absolute atomic E-state index is 0.0203. The van der Waals surface area contributed by atoms with Gasteiger partial charge in [0.05, 0.1) is 22.8 Å². The van der Waals surface area contributed by atoms with Crippen LogP contribution in [0.25, 0.3) is 11.0 Å². The summed E-state index contributed by atoms with van der Waals surface area (Å²) in [6.07, 6.45) is 4.07. The molecule has 1 aliphatic heterocycles. The molecule has 0 saturated heterocycles. The Kier molecular flexibility index (Phi) is 4.07. The molecule has 0 bridgehead atoms. The maximum Gasteiger partial charge on any atom is 0.248 e. The van der Waals surface area contributed by atoms with E-state index in [1.165, 1.54) is 0 Å². The summed E-state index contributed by atoms with van der Waals surface area (Å²) in [5, 5.41) is 10.5. The number of carbonyl (C=O) groups is 1. The van der Waals surface area contributed by atoms with Crippen molar-refractivity contribution < 1.29 is 4.79 Å². The summed E-state index contributed by atoms with van der Waals surface area (Å²) >= 11 is 1.64. The second-order valence-corrected chi connectivity index (χ2v) is 8.26. The van der Waals surface area contributed by atoms with Gasteiger partial charge in [0, 0.05) is 29.8 Å². The van der Waals surface area contributed by atoms with Crippen LogP contribution in [0.4, 0.5) is 0 Å². The van der Waals surface area contributed by atoms with Crippen molar-refractivity contribution in [2.75, 3.05) is 0 Å². The molecule has 1 aliphatic rings. The highest BCUT2D eigenvalue weighted by Gasteiger charge is 2.38. The smallest absolute Gasteiger partial charge is 0.248 e. The first-order valence-corrected chi connectivity index (χ1v) is 9.52. The number of aromatic nitrogens is 2. The van der Waals surface area contributed by atoms with Gasteiger partial charge in [-0.2, -0.15) is 16.4 Å². The number of amides is 1. The molecular weight excluding hydrogens is 344 g/mol. The zero-order valence-electron chi connectivity index (χ0n) is 15.0. The molecule has 0 aliphatic carbocycles. The van der Waals surface area contributed by atoms with Crippen LogP contribution in [0.2, 0.25) is 0 Å². The number of rotatable bonds is 2. The van der Waals surface area contributed by atoms with Gasteiger partial charge in [-0.3, -0.25) is 14.8 Å². The normalized spacial score (nSPS) is 17.6. The van der Waals surface area contributed by atoms with E-state index in [9.17, 15) is 4.79 Å². The molecule has 3 heterocycles. The molecule has 1 amide bonds. The van der Waals surface area contributed by atoms with Crippen molar-refractivity contribution in [2.24, 2.45) is 10.5 Å². The highest BCUT2D eigenvalue weighted by molar-refractivity contribution is 7.08. The molecule has 26 heavy (non-hydrogen) atoms. The quantitative estimate of drug-likeness (QED) is 0.676. The van der Waals surface area contributed by atoms with Gasteiger partial charge in [-0.15, -0.1) is 0 Å². The number of hydrogen-bond donors (Lipinski definition) is 0. The van der Waals surface area contributed by atoms with E-state index in [0.29, 0.717) is 6.42 Å². The third kappa shape index (κ3) is 3.01. The molecule has 5 nitrogen and oxygen atoms in total. The van der Waals surface area contributed by atoms with Gasteiger partial charge >= 0.3 is 0 Å². The first-order chi connectivity index (χ1) is 12.4. The number of hydrogen-bond acceptors (Lipinski definition) is 5. The highest BCUT2D eigenvalue weighted by atomic mass is 32.1. The lowest BCUT2D eigenvalue weighted by Crippen LogP contribution is -2.36. The monoisotopic (exact) mass is 364 g/mol. The molecule has 0 fully saturated rings. The van der Waals surface area contributed by atoms with Crippen LogP contribution >= 0.6 is 11.3 Å². The number of carbonyl (C=O) groups excluding carboxylic acids is 1. The van der Waals surface area contributed by atoms with Crippen LogP contribution in [-0.2, 0) is 4.79 Å². The molecule has 3 aromatic rings. The topological polar surface area (TPSA) is 58.5 Å². The molecule has 0 N–H and O–H groups in total. The van der Waals surface area contributed by atoms with Crippen LogP contribution in [0.15, 0.2) is 52.5 Å². The van der Waals surface area contributed by atoms with Crippen LogP contribution in [0.3, 0.4) is 0 Å². The second-order valence-electron chi connectivity index (χ2n) is 7.48. The van der Waals surface area contributed by atoms with Crippen molar-refractivity contribution in [3.63, 3.8) is 0 Å². The van der Waals surface area contributed by atoms with Crippen molar-refractivity contribution in [3.8, 4) is 0 Å². The highest BCUT2D eigenvalue weighted by Crippen LogP contribution is 2.36. The van der Waals surface area contributed by atoms with E-state index in [-0.39, 0.29) is 11.9 Å². The Bertz CT molecular complexity index is 988. The van der Waals surface area contributed by atoms with E-state index >= 15 is 0 Å². The summed E-state index contributed by atoms with van der Waals surface area (Å²) in [7, 11) is 0. The van der Waals surface area contributed by atoms with Crippen molar-refractivity contribution in [1.29, 1.82) is 0 Å². The minimum Gasteiger partial charge on any atom is -0.272 e. The van der Waals surface area contributed by atoms with Gasteiger partial charge in [-0.05, 0) is 34.5 Å². The first-order valence-electron chi connectivity index (χ1n) is 8.58. The third-order valence-corrected chi connectivity index (χ3v) is 5.18. The van der Waals surface area contributed by atoms with Gasteiger partial charge in [0.1, 0.15) is 0 Å². The fourth-order valence-electron chi connectivity index (χ4n) is 3.09. The Hall–Kier alpha value is -2.60. The summed E-state index contributed by atoms with van der Waals surface area (Å²) in [5.41, 5.74) is 4.25. The summed E-state index contributed by atoms with van der Waals surface area (Å²) in [4.78, 5) is 21.7. The Balaban J connectivity index is 1.76. The number of nitrogens with zero attached hydrogens (tertiary/aromatic N) is 4. The van der Waals surface area contributed by atoms with E-state index in [1.807, 2.05) is 44.4 Å². The second kappa shape index (κ2) is 6.29. The molecule has 2 aromatic heterocycles. The van der Waals surface area contributed by atoms with Gasteiger partial charge in [0.2, 0.25) is 5.91 Å². The molecule has 6 heteroatoms. The Morgan fingerprint density at radius 3 is 2.62 bits per heavy atom. The standard InChI is InChI=1S/C20H20N4OS/c1-20(2,3)19(25)24-18(11-16(23-24)14-6-9-26-12-14)13-4-5-15-17(10-13)22-8-7-21-15/h4-10,12,18H,11H2,1-3H3/t18-/m0/s1. The first kappa shape index (κ1) is 16.8. The summed E-state index contributed by atoms with van der Waals surface area (Å²) < 4.78 is 0. The average Bonchev–Trinajstić information content (AvgIpc) is 3.29. The zero-order valence-corrected chi connectivity index (χ0v) is 15.8. The lowest BCUT2D eigenvalue weighted by atomic mass is 9.93.